The molecule has 0 saturated carbocycles. The third-order valence-electron chi connectivity index (χ3n) is 0. The van der Waals surface area contributed by atoms with Crippen molar-refractivity contribution in [1.82, 2.24) is 0 Å². The van der Waals surface area contributed by atoms with Crippen LogP contribution in [-0.4, -0.2) is 0 Å². The maximum absolute atomic E-state index is 8.42. The molecule has 0 atom stereocenters. The Morgan fingerprint density at radius 1 is 1.40 bits per heavy atom. The standard InChI is InChI=1S/CN.Cd.Na.O/c1-2;;;/q-1;;+1;. The maximum atomic E-state index is 8.42. The Hall–Kier alpha value is 1.21. The topological polar surface area (TPSA) is 40.9 Å². The molecule has 0 aromatic carbocycles. The Kier molecular flexibility index (Phi) is 206. The first-order valence-electron chi connectivity index (χ1n) is 0.512. The summed E-state index contributed by atoms with van der Waals surface area (Å²) in [6, 6.07) is 0. The number of nitrogens with zero attached hydrogens (tertiary/aromatic N) is 1. The number of hydrogen-bond acceptors (Lipinski definition) is 2. The Labute approximate surface area is 69.0 Å². The van der Waals surface area contributed by atoms with Gasteiger partial charge in [-0.1, -0.05) is 0 Å². The van der Waals surface area contributed by atoms with E-state index in [-0.39, 0.29) is 55.3 Å². The quantitative estimate of drug-likeness (QED) is 0.292. The second kappa shape index (κ2) is 62.9. The van der Waals surface area contributed by atoms with Crippen molar-refractivity contribution < 1.29 is 58.0 Å². The molecule has 0 aromatic heterocycles. The average molecular weight is 177 g/mol. The molecular weight excluding hydrogens is 177 g/mol. The van der Waals surface area contributed by atoms with Crippen LogP contribution in [0, 0.1) is 11.8 Å². The van der Waals surface area contributed by atoms with Crippen LogP contribution in [-0.2, 0) is 28.5 Å². The van der Waals surface area contributed by atoms with Crippen LogP contribution in [0.2, 0.25) is 0 Å². The minimum atomic E-state index is -0.1000. The van der Waals surface area contributed by atoms with Crippen LogP contribution >= 0.6 is 0 Å². The van der Waals surface area contributed by atoms with Crippen molar-refractivity contribution in [2.75, 3.05) is 0 Å². The molecule has 0 bridgehead atoms. The van der Waals surface area contributed by atoms with E-state index in [1.54, 1.807) is 0 Å². The summed E-state index contributed by atoms with van der Waals surface area (Å²) in [4.78, 5) is 0. The van der Waals surface area contributed by atoms with E-state index < -0.39 is 0 Å². The van der Waals surface area contributed by atoms with E-state index in [4.69, 9.17) is 14.5 Å². The molecule has 0 heterocycles. The molecule has 0 spiro atoms. The first kappa shape index (κ1) is 16.4. The third kappa shape index (κ3) is 36.6. The van der Waals surface area contributed by atoms with Crippen LogP contribution in [0.3, 0.4) is 0 Å². The van der Waals surface area contributed by atoms with Gasteiger partial charge in [0.2, 0.25) is 0 Å². The summed E-state index contributed by atoms with van der Waals surface area (Å²) in [6.45, 7) is 4.75. The van der Waals surface area contributed by atoms with E-state index in [1.807, 2.05) is 0 Å². The molecule has 0 aliphatic carbocycles. The predicted octanol–water partition coefficient (Wildman–Crippen LogP) is -3.02. The molecule has 0 N–H and O–H groups in total. The van der Waals surface area contributed by atoms with Crippen LogP contribution in [0.15, 0.2) is 0 Å². The van der Waals surface area contributed by atoms with E-state index in [0.717, 1.165) is 0 Å². The molecule has 0 amide bonds. The van der Waals surface area contributed by atoms with Gasteiger partial charge in [0.1, 0.15) is 0 Å². The van der Waals surface area contributed by atoms with Crippen molar-refractivity contribution in [3.8, 4) is 0 Å². The van der Waals surface area contributed by atoms with E-state index in [9.17, 15) is 0 Å². The van der Waals surface area contributed by atoms with Crippen molar-refractivity contribution in [2.45, 2.75) is 0 Å². The molecular formula is CCdNNaO. The van der Waals surface area contributed by atoms with Gasteiger partial charge in [-0.3, -0.25) is 0 Å². The van der Waals surface area contributed by atoms with Gasteiger partial charge in [0.05, 0.1) is 0 Å². The molecule has 0 rings (SSSR count). The zero-order chi connectivity index (χ0) is 4.00. The fraction of sp³-hybridized carbons (Fsp3) is 0. The monoisotopic (exact) mass is 179 g/mol. The fourth-order valence-corrected chi connectivity index (χ4v) is 0. The Morgan fingerprint density at radius 2 is 1.40 bits per heavy atom. The van der Waals surface area contributed by atoms with Crippen LogP contribution in [0.5, 0.6) is 0 Å². The van der Waals surface area contributed by atoms with Gasteiger partial charge in [-0.05, 0) is 0 Å². The molecule has 4 heteroatoms. The van der Waals surface area contributed by atoms with Gasteiger partial charge in [-0.2, -0.15) is 0 Å². The SMILES string of the molecule is [C-]#N.[Na+].[O]=[Cd]. The molecule has 2 nitrogen and oxygen atoms in total. The van der Waals surface area contributed by atoms with E-state index in [1.165, 1.54) is 0 Å². The summed E-state index contributed by atoms with van der Waals surface area (Å²) in [7, 11) is 0. The van der Waals surface area contributed by atoms with Gasteiger partial charge < -0.3 is 11.8 Å². The van der Waals surface area contributed by atoms with Crippen molar-refractivity contribution in [3.63, 3.8) is 0 Å². The average Bonchev–Trinajstić information content (AvgIpc) is 1.50. The Morgan fingerprint density at radius 3 is 1.40 bits per heavy atom. The Bertz CT molecular complexity index is 22.9. The van der Waals surface area contributed by atoms with Crippen molar-refractivity contribution in [3.05, 3.63) is 6.57 Å². The van der Waals surface area contributed by atoms with Crippen LogP contribution in [0.1, 0.15) is 0 Å². The summed E-state index contributed by atoms with van der Waals surface area (Å²) < 4.78 is 8.42. The van der Waals surface area contributed by atoms with Crippen LogP contribution in [0.4, 0.5) is 0 Å². The summed E-state index contributed by atoms with van der Waals surface area (Å²) in [5, 5.41) is 6.25. The van der Waals surface area contributed by atoms with Gasteiger partial charge >= 0.3 is 58.0 Å². The first-order valence-corrected chi connectivity index (χ1v) is 2.16. The second-order valence-electron chi connectivity index (χ2n) is 0. The number of rotatable bonds is 0. The second-order valence-corrected chi connectivity index (χ2v) is 0. The fourth-order valence-electron chi connectivity index (χ4n) is 0. The third-order valence-corrected chi connectivity index (χ3v) is 0. The molecule has 0 aliphatic rings. The van der Waals surface area contributed by atoms with Crippen molar-refractivity contribution in [1.29, 1.82) is 5.26 Å². The van der Waals surface area contributed by atoms with Gasteiger partial charge in [0.25, 0.3) is 0 Å². The summed E-state index contributed by atoms with van der Waals surface area (Å²) in [6.07, 6.45) is 0. The van der Waals surface area contributed by atoms with Crippen LogP contribution < -0.4 is 29.6 Å². The Balaban J connectivity index is -0.0000000133. The molecule has 0 aromatic rings. The summed E-state index contributed by atoms with van der Waals surface area (Å²) in [5.41, 5.74) is 0. The van der Waals surface area contributed by atoms with Crippen LogP contribution in [0.25, 0.3) is 0 Å². The first-order chi connectivity index (χ1) is 2.00. The number of hydrogen-bond donors (Lipinski definition) is 0. The summed E-state index contributed by atoms with van der Waals surface area (Å²) in [5.74, 6) is 0. The van der Waals surface area contributed by atoms with Crippen molar-refractivity contribution in [2.24, 2.45) is 0 Å². The normalized spacial score (nSPS) is 1.60. The van der Waals surface area contributed by atoms with E-state index in [0.29, 0.717) is 0 Å². The van der Waals surface area contributed by atoms with Crippen molar-refractivity contribution >= 4 is 0 Å². The molecule has 18 valence electrons. The molecule has 0 aliphatic heterocycles. The molecule has 0 unspecified atom stereocenters. The van der Waals surface area contributed by atoms with Gasteiger partial charge in [-0.25, -0.2) is 0 Å². The predicted molar refractivity (Wildman–Crippen MR) is 5.65 cm³/mol. The molecule has 5 heavy (non-hydrogen) atoms. The summed E-state index contributed by atoms with van der Waals surface area (Å²) >= 11 is -0.1000. The van der Waals surface area contributed by atoms with Gasteiger partial charge in [0.15, 0.2) is 0 Å². The zero-order valence-corrected chi connectivity index (χ0v) is 9.10. The molecule has 0 fully saturated rings. The molecule has 0 radical (unpaired) electrons. The minimum absolute atomic E-state index is 0. The molecule has 0 saturated heterocycles. The zero-order valence-electron chi connectivity index (χ0n) is 3.06. The van der Waals surface area contributed by atoms with E-state index in [2.05, 4.69) is 0 Å². The van der Waals surface area contributed by atoms with E-state index >= 15 is 0 Å². The van der Waals surface area contributed by atoms with Gasteiger partial charge in [0, 0.05) is 0 Å². The van der Waals surface area contributed by atoms with Gasteiger partial charge in [-0.15, -0.1) is 0 Å².